The number of benzene rings is 1. The molecular weight excluding hydrogens is 401 g/mol. The third-order valence-corrected chi connectivity index (χ3v) is 7.14. The predicted molar refractivity (Wildman–Crippen MR) is 107 cm³/mol. The van der Waals surface area contributed by atoms with Gasteiger partial charge in [-0.2, -0.15) is 0 Å². The number of hydrogen-bond acceptors (Lipinski definition) is 3. The van der Waals surface area contributed by atoms with E-state index >= 15 is 0 Å². The van der Waals surface area contributed by atoms with E-state index in [1.807, 2.05) is 4.90 Å². The number of halogens is 2. The number of hydrogen-bond donors (Lipinski definition) is 1. The van der Waals surface area contributed by atoms with Gasteiger partial charge in [0, 0.05) is 24.0 Å². The fourth-order valence-electron chi connectivity index (χ4n) is 5.60. The van der Waals surface area contributed by atoms with Gasteiger partial charge in [-0.15, -0.1) is 0 Å². The van der Waals surface area contributed by atoms with Crippen LogP contribution in [0.5, 0.6) is 5.75 Å². The molecule has 2 aliphatic heterocycles. The molecule has 4 bridgehead atoms. The molecular formula is C21H25Cl2NO4. The van der Waals surface area contributed by atoms with Gasteiger partial charge in [0.15, 0.2) is 0 Å². The monoisotopic (exact) mass is 425 g/mol. The molecule has 1 amide bonds. The van der Waals surface area contributed by atoms with E-state index in [0.29, 0.717) is 60.0 Å². The Morgan fingerprint density at radius 1 is 1.18 bits per heavy atom. The van der Waals surface area contributed by atoms with E-state index in [1.165, 1.54) is 0 Å². The van der Waals surface area contributed by atoms with E-state index in [9.17, 15) is 14.7 Å². The van der Waals surface area contributed by atoms with Crippen molar-refractivity contribution in [2.75, 3.05) is 13.2 Å². The molecule has 0 spiro atoms. The van der Waals surface area contributed by atoms with E-state index in [4.69, 9.17) is 27.9 Å². The maximum atomic E-state index is 12.9. The average Bonchev–Trinajstić information content (AvgIpc) is 2.82. The third-order valence-electron chi connectivity index (χ3n) is 6.61. The minimum absolute atomic E-state index is 0.0708. The van der Waals surface area contributed by atoms with E-state index in [1.54, 1.807) is 18.2 Å². The number of nitrogens with zero attached hydrogens (tertiary/aromatic N) is 1. The summed E-state index contributed by atoms with van der Waals surface area (Å²) in [5, 5.41) is 10.8. The Morgan fingerprint density at radius 3 is 2.71 bits per heavy atom. The SMILES string of the molecule is O=C(CCCOc1ccc(Cl)cc1Cl)N1CC2CC3CC1CC(C(=O)O)(C3)C2. The van der Waals surface area contributed by atoms with Gasteiger partial charge in [0.05, 0.1) is 17.0 Å². The van der Waals surface area contributed by atoms with E-state index in [2.05, 4.69) is 0 Å². The Labute approximate surface area is 174 Å². The van der Waals surface area contributed by atoms with Crippen LogP contribution in [0.2, 0.25) is 10.0 Å². The maximum absolute atomic E-state index is 12.9. The molecule has 2 saturated heterocycles. The lowest BCUT2D eigenvalue weighted by atomic mass is 9.59. The molecule has 2 aliphatic carbocycles. The lowest BCUT2D eigenvalue weighted by molar-refractivity contribution is -0.157. The van der Waals surface area contributed by atoms with Gasteiger partial charge in [-0.1, -0.05) is 23.2 Å². The first-order chi connectivity index (χ1) is 13.4. The number of ether oxygens (including phenoxy) is 1. The summed E-state index contributed by atoms with van der Waals surface area (Å²) in [6.45, 7) is 1.11. The average molecular weight is 426 g/mol. The fourth-order valence-corrected chi connectivity index (χ4v) is 6.07. The van der Waals surface area contributed by atoms with Crippen LogP contribution in [-0.2, 0) is 9.59 Å². The number of carbonyl (C=O) groups excluding carboxylic acids is 1. The highest BCUT2D eigenvalue weighted by molar-refractivity contribution is 6.35. The zero-order chi connectivity index (χ0) is 19.9. The van der Waals surface area contributed by atoms with Crippen molar-refractivity contribution >= 4 is 35.1 Å². The van der Waals surface area contributed by atoms with Crippen molar-refractivity contribution in [2.45, 2.75) is 51.0 Å². The van der Waals surface area contributed by atoms with Crippen LogP contribution < -0.4 is 4.74 Å². The molecule has 5 rings (SSSR count). The minimum Gasteiger partial charge on any atom is -0.492 e. The van der Waals surface area contributed by atoms with Gasteiger partial charge in [-0.05, 0) is 68.6 Å². The van der Waals surface area contributed by atoms with Crippen LogP contribution >= 0.6 is 23.2 Å². The van der Waals surface area contributed by atoms with Crippen LogP contribution in [0, 0.1) is 17.3 Å². The molecule has 4 unspecified atom stereocenters. The lowest BCUT2D eigenvalue weighted by Gasteiger charge is -2.45. The Hall–Kier alpha value is -1.46. The second kappa shape index (κ2) is 7.75. The highest BCUT2D eigenvalue weighted by Gasteiger charge is 2.55. The first-order valence-corrected chi connectivity index (χ1v) is 10.7. The van der Waals surface area contributed by atoms with Crippen LogP contribution in [0.1, 0.15) is 44.9 Å². The van der Waals surface area contributed by atoms with Gasteiger partial charge in [-0.3, -0.25) is 9.59 Å². The molecule has 4 aliphatic rings. The van der Waals surface area contributed by atoms with Gasteiger partial charge >= 0.3 is 5.97 Å². The molecule has 2 saturated carbocycles. The van der Waals surface area contributed by atoms with E-state index in [0.717, 1.165) is 25.7 Å². The number of fused-ring (bicyclic) bond motifs is 1. The molecule has 28 heavy (non-hydrogen) atoms. The minimum atomic E-state index is -0.672. The van der Waals surface area contributed by atoms with Gasteiger partial charge in [-0.25, -0.2) is 0 Å². The Balaban J connectivity index is 1.33. The summed E-state index contributed by atoms with van der Waals surface area (Å²) in [5.74, 6) is 0.767. The molecule has 1 aromatic carbocycles. The summed E-state index contributed by atoms with van der Waals surface area (Å²) < 4.78 is 5.67. The maximum Gasteiger partial charge on any atom is 0.309 e. The van der Waals surface area contributed by atoms with Crippen LogP contribution in [0.4, 0.5) is 0 Å². The summed E-state index contributed by atoms with van der Waals surface area (Å²) in [6.07, 6.45) is 5.13. The summed E-state index contributed by atoms with van der Waals surface area (Å²) in [7, 11) is 0. The topological polar surface area (TPSA) is 66.8 Å². The van der Waals surface area contributed by atoms with Gasteiger partial charge in [0.1, 0.15) is 5.75 Å². The van der Waals surface area contributed by atoms with Crippen molar-refractivity contribution in [3.63, 3.8) is 0 Å². The molecule has 5 nitrogen and oxygen atoms in total. The fraction of sp³-hybridized carbons (Fsp3) is 0.619. The smallest absolute Gasteiger partial charge is 0.309 e. The summed E-state index contributed by atoms with van der Waals surface area (Å²) in [4.78, 5) is 26.8. The number of rotatable bonds is 6. The third kappa shape index (κ3) is 3.84. The van der Waals surface area contributed by atoms with Crippen molar-refractivity contribution in [3.05, 3.63) is 28.2 Å². The Morgan fingerprint density at radius 2 is 1.96 bits per heavy atom. The van der Waals surface area contributed by atoms with Crippen molar-refractivity contribution in [1.29, 1.82) is 0 Å². The molecule has 0 aromatic heterocycles. The molecule has 4 atom stereocenters. The molecule has 2 heterocycles. The Kier molecular flexibility index (Phi) is 5.49. The van der Waals surface area contributed by atoms with Crippen molar-refractivity contribution in [2.24, 2.45) is 17.3 Å². The molecule has 1 N–H and O–H groups in total. The predicted octanol–water partition coefficient (Wildman–Crippen LogP) is 4.64. The normalized spacial score (nSPS) is 30.9. The van der Waals surface area contributed by atoms with Crippen LogP contribution in [0.15, 0.2) is 18.2 Å². The van der Waals surface area contributed by atoms with Crippen LogP contribution in [0.25, 0.3) is 0 Å². The van der Waals surface area contributed by atoms with Gasteiger partial charge in [0.25, 0.3) is 0 Å². The first-order valence-electron chi connectivity index (χ1n) is 9.97. The quantitative estimate of drug-likeness (QED) is 0.673. The molecule has 0 radical (unpaired) electrons. The van der Waals surface area contributed by atoms with Crippen LogP contribution in [-0.4, -0.2) is 41.1 Å². The van der Waals surface area contributed by atoms with Gasteiger partial charge in [0.2, 0.25) is 5.91 Å². The van der Waals surface area contributed by atoms with E-state index < -0.39 is 11.4 Å². The summed E-state index contributed by atoms with van der Waals surface area (Å²) in [5.41, 5.74) is -0.611. The second-order valence-corrected chi connectivity index (χ2v) is 9.47. The molecule has 152 valence electrons. The molecule has 1 aromatic rings. The largest absolute Gasteiger partial charge is 0.492 e. The summed E-state index contributed by atoms with van der Waals surface area (Å²) >= 11 is 12.0. The summed E-state index contributed by atoms with van der Waals surface area (Å²) in [6, 6.07) is 5.14. The zero-order valence-corrected chi connectivity index (χ0v) is 17.2. The van der Waals surface area contributed by atoms with Crippen molar-refractivity contribution in [3.8, 4) is 5.75 Å². The number of aliphatic carboxylic acids is 1. The number of carboxylic acids is 1. The van der Waals surface area contributed by atoms with Gasteiger partial charge < -0.3 is 14.7 Å². The number of carbonyl (C=O) groups is 2. The number of amides is 1. The second-order valence-electron chi connectivity index (χ2n) is 8.63. The number of carboxylic acid groups (broad SMARTS) is 1. The zero-order valence-electron chi connectivity index (χ0n) is 15.7. The Bertz CT molecular complexity index is 786. The molecule has 4 fully saturated rings. The lowest BCUT2D eigenvalue weighted by Crippen LogP contribution is -2.47. The first kappa shape index (κ1) is 19.8. The highest BCUT2D eigenvalue weighted by atomic mass is 35.5. The van der Waals surface area contributed by atoms with Crippen molar-refractivity contribution < 1.29 is 19.4 Å². The van der Waals surface area contributed by atoms with Crippen LogP contribution in [0.3, 0.4) is 0 Å². The molecule has 7 heteroatoms. The van der Waals surface area contributed by atoms with Crippen molar-refractivity contribution in [1.82, 2.24) is 4.90 Å². The highest BCUT2D eigenvalue weighted by Crippen LogP contribution is 2.54. The van der Waals surface area contributed by atoms with E-state index in [-0.39, 0.29) is 11.9 Å². The standard InChI is InChI=1S/C21H25Cl2NO4/c22-15-3-4-18(17(23)8-15)28-5-1-2-19(25)24-12-14-6-13-7-16(24)11-21(9-13,10-14)20(26)27/h3-4,8,13-14,16H,1-2,5-7,9-12H2,(H,26,27).